The molecule has 150 valence electrons. The largest absolute Gasteiger partial charge is 0.454 e. The van der Waals surface area contributed by atoms with E-state index >= 15 is 0 Å². The van der Waals surface area contributed by atoms with E-state index < -0.39 is 10.1 Å². The molecule has 0 saturated heterocycles. The fourth-order valence-electron chi connectivity index (χ4n) is 2.61. The predicted octanol–water partition coefficient (Wildman–Crippen LogP) is 3.68. The van der Waals surface area contributed by atoms with Crippen LogP contribution < -0.4 is 24.3 Å². The zero-order chi connectivity index (χ0) is 20.4. The van der Waals surface area contributed by atoms with Crippen LogP contribution in [0, 0.1) is 0 Å². The molecule has 2 heterocycles. The van der Waals surface area contributed by atoms with Gasteiger partial charge in [0.1, 0.15) is 17.3 Å². The highest BCUT2D eigenvalue weighted by Gasteiger charge is 2.21. The van der Waals surface area contributed by atoms with Gasteiger partial charge in [0, 0.05) is 18.0 Å². The quantitative estimate of drug-likeness (QED) is 0.561. The molecular formula is C18H15ClN4O5S. The molecule has 2 aromatic carbocycles. The van der Waals surface area contributed by atoms with Crippen molar-refractivity contribution in [1.82, 2.24) is 9.97 Å². The molecule has 1 aliphatic rings. The highest BCUT2D eigenvalue weighted by Crippen LogP contribution is 2.44. The van der Waals surface area contributed by atoms with Crippen LogP contribution in [0.1, 0.15) is 0 Å². The molecule has 0 aliphatic carbocycles. The third-order valence-electron chi connectivity index (χ3n) is 3.73. The summed E-state index contributed by atoms with van der Waals surface area (Å²) in [6, 6.07) is 11.5. The summed E-state index contributed by atoms with van der Waals surface area (Å²) < 4.78 is 38.3. The Labute approximate surface area is 171 Å². The molecule has 4 rings (SSSR count). The lowest BCUT2D eigenvalue weighted by Crippen LogP contribution is -2.06. The van der Waals surface area contributed by atoms with E-state index in [2.05, 4.69) is 20.6 Å². The lowest BCUT2D eigenvalue weighted by Gasteiger charge is -2.12. The van der Waals surface area contributed by atoms with Crippen LogP contribution in [0.3, 0.4) is 0 Å². The van der Waals surface area contributed by atoms with Crippen LogP contribution in [-0.4, -0.2) is 31.4 Å². The first-order valence-corrected chi connectivity index (χ1v) is 10.5. The molecule has 0 unspecified atom stereocenters. The Kier molecular flexibility index (Phi) is 5.03. The van der Waals surface area contributed by atoms with Crippen molar-refractivity contribution in [3.8, 4) is 17.2 Å². The monoisotopic (exact) mass is 434 g/mol. The Balaban J connectivity index is 1.55. The van der Waals surface area contributed by atoms with Crippen molar-refractivity contribution in [1.29, 1.82) is 0 Å². The minimum atomic E-state index is -3.62. The van der Waals surface area contributed by atoms with Gasteiger partial charge < -0.3 is 24.3 Å². The molecular weight excluding hydrogens is 420 g/mol. The molecule has 0 bridgehead atoms. The molecule has 0 fully saturated rings. The van der Waals surface area contributed by atoms with Crippen LogP contribution in [0.5, 0.6) is 17.2 Å². The zero-order valence-corrected chi connectivity index (χ0v) is 16.6. The fourth-order valence-corrected chi connectivity index (χ4v) is 3.26. The molecule has 1 aromatic heterocycles. The minimum absolute atomic E-state index is 0.118. The van der Waals surface area contributed by atoms with Crippen molar-refractivity contribution >= 4 is 44.9 Å². The van der Waals surface area contributed by atoms with Crippen molar-refractivity contribution in [2.24, 2.45) is 0 Å². The first kappa shape index (κ1) is 19.1. The van der Waals surface area contributed by atoms with Gasteiger partial charge in [-0.15, -0.1) is 0 Å². The lowest BCUT2D eigenvalue weighted by atomic mass is 10.2. The number of nitrogens with one attached hydrogen (secondary N) is 2. The van der Waals surface area contributed by atoms with Gasteiger partial charge in [-0.05, 0) is 30.3 Å². The van der Waals surface area contributed by atoms with E-state index in [1.807, 2.05) is 0 Å². The van der Waals surface area contributed by atoms with Crippen LogP contribution in [0.4, 0.5) is 23.1 Å². The summed E-state index contributed by atoms with van der Waals surface area (Å²) >= 11 is 6.28. The maximum absolute atomic E-state index is 11.3. The summed E-state index contributed by atoms with van der Waals surface area (Å²) in [6.07, 6.45) is 2.54. The normalized spacial score (nSPS) is 12.5. The third-order valence-corrected chi connectivity index (χ3v) is 4.55. The third kappa shape index (κ3) is 4.61. The van der Waals surface area contributed by atoms with E-state index in [1.165, 1.54) is 12.1 Å². The Morgan fingerprint density at radius 2 is 2.00 bits per heavy atom. The highest BCUT2D eigenvalue weighted by molar-refractivity contribution is 7.86. The molecule has 0 atom stereocenters. The summed E-state index contributed by atoms with van der Waals surface area (Å²) in [5, 5.41) is 6.56. The number of hydrogen-bond acceptors (Lipinski definition) is 9. The maximum Gasteiger partial charge on any atom is 0.306 e. The summed E-state index contributed by atoms with van der Waals surface area (Å²) in [6.45, 7) is 0.118. The second-order valence-electron chi connectivity index (χ2n) is 5.99. The van der Waals surface area contributed by atoms with Gasteiger partial charge in [0.05, 0.1) is 11.3 Å². The van der Waals surface area contributed by atoms with E-state index in [-0.39, 0.29) is 18.5 Å². The van der Waals surface area contributed by atoms with E-state index in [4.69, 9.17) is 25.3 Å². The van der Waals surface area contributed by atoms with Gasteiger partial charge in [0.2, 0.25) is 12.7 Å². The second-order valence-corrected chi connectivity index (χ2v) is 7.97. The summed E-state index contributed by atoms with van der Waals surface area (Å²) in [5.41, 5.74) is 1.09. The number of fused-ring (bicyclic) bond motifs is 1. The first-order chi connectivity index (χ1) is 13.9. The number of ether oxygens (including phenoxy) is 2. The number of aromatic nitrogens is 2. The molecule has 0 spiro atoms. The van der Waals surface area contributed by atoms with Gasteiger partial charge in [-0.2, -0.15) is 13.4 Å². The number of benzene rings is 2. The van der Waals surface area contributed by atoms with Crippen molar-refractivity contribution in [3.05, 3.63) is 53.7 Å². The molecule has 11 heteroatoms. The Morgan fingerprint density at radius 3 is 2.83 bits per heavy atom. The molecule has 29 heavy (non-hydrogen) atoms. The molecule has 0 amide bonds. The van der Waals surface area contributed by atoms with Crippen molar-refractivity contribution in [2.45, 2.75) is 0 Å². The van der Waals surface area contributed by atoms with Crippen LogP contribution >= 0.6 is 11.6 Å². The number of nitrogens with zero attached hydrogens (tertiary/aromatic N) is 2. The van der Waals surface area contributed by atoms with Crippen molar-refractivity contribution in [3.63, 3.8) is 0 Å². The summed E-state index contributed by atoms with van der Waals surface area (Å²) in [5.74, 6) is 2.03. The summed E-state index contributed by atoms with van der Waals surface area (Å²) in [7, 11) is -3.62. The molecule has 3 aromatic rings. The maximum atomic E-state index is 11.3. The predicted molar refractivity (Wildman–Crippen MR) is 108 cm³/mol. The average Bonchev–Trinajstić information content (AvgIpc) is 3.12. The van der Waals surface area contributed by atoms with Gasteiger partial charge in [-0.3, -0.25) is 0 Å². The lowest BCUT2D eigenvalue weighted by molar-refractivity contribution is 0.174. The number of hydrogen-bond donors (Lipinski definition) is 2. The average molecular weight is 435 g/mol. The first-order valence-electron chi connectivity index (χ1n) is 8.32. The van der Waals surface area contributed by atoms with E-state index in [0.29, 0.717) is 33.7 Å². The second kappa shape index (κ2) is 7.64. The Hall–Kier alpha value is -3.24. The molecule has 1 aliphatic heterocycles. The van der Waals surface area contributed by atoms with Gasteiger partial charge in [0.15, 0.2) is 11.5 Å². The highest BCUT2D eigenvalue weighted by atomic mass is 35.5. The molecule has 0 saturated carbocycles. The van der Waals surface area contributed by atoms with Gasteiger partial charge in [0.25, 0.3) is 0 Å². The number of rotatable bonds is 6. The van der Waals surface area contributed by atoms with E-state index in [0.717, 1.165) is 6.26 Å². The van der Waals surface area contributed by atoms with Crippen LogP contribution in [0.25, 0.3) is 0 Å². The van der Waals surface area contributed by atoms with Crippen molar-refractivity contribution in [2.75, 3.05) is 23.7 Å². The molecule has 2 N–H and O–H groups in total. The standard InChI is InChI=1S/C18H15ClN4O5S/c1-29(24,25)28-12-4-2-3-11(9-12)21-18-20-8-7-15(23-18)22-16-13(19)5-6-14-17(16)27-10-26-14/h2-9H,10H2,1H3,(H2,20,21,22,23). The van der Waals surface area contributed by atoms with Gasteiger partial charge in [-0.25, -0.2) is 4.98 Å². The Morgan fingerprint density at radius 1 is 1.14 bits per heavy atom. The van der Waals surface area contributed by atoms with Gasteiger partial charge in [-0.1, -0.05) is 17.7 Å². The van der Waals surface area contributed by atoms with Crippen LogP contribution in [0.2, 0.25) is 5.02 Å². The SMILES string of the molecule is CS(=O)(=O)Oc1cccc(Nc2nccc(Nc3c(Cl)ccc4c3OCO4)n2)c1. The van der Waals surface area contributed by atoms with E-state index in [1.54, 1.807) is 36.5 Å². The summed E-state index contributed by atoms with van der Waals surface area (Å²) in [4.78, 5) is 8.55. The van der Waals surface area contributed by atoms with Crippen molar-refractivity contribution < 1.29 is 22.1 Å². The van der Waals surface area contributed by atoms with E-state index in [9.17, 15) is 8.42 Å². The molecule has 9 nitrogen and oxygen atoms in total. The Bertz CT molecular complexity index is 1170. The topological polar surface area (TPSA) is 112 Å². The van der Waals surface area contributed by atoms with Gasteiger partial charge >= 0.3 is 10.1 Å². The minimum Gasteiger partial charge on any atom is -0.454 e. The number of halogens is 1. The fraction of sp³-hybridized carbons (Fsp3) is 0.111. The molecule has 0 radical (unpaired) electrons. The van der Waals surface area contributed by atoms with Crippen LogP contribution in [-0.2, 0) is 10.1 Å². The smallest absolute Gasteiger partial charge is 0.306 e. The zero-order valence-electron chi connectivity index (χ0n) is 15.0. The van der Waals surface area contributed by atoms with Crippen LogP contribution in [0.15, 0.2) is 48.7 Å². The number of anilines is 4.